The van der Waals surface area contributed by atoms with E-state index in [-0.39, 0.29) is 6.04 Å². The van der Waals surface area contributed by atoms with Crippen LogP contribution in [0.15, 0.2) is 18.3 Å². The molecular formula is C9H13FN2OS. The minimum absolute atomic E-state index is 0.0580. The van der Waals surface area contributed by atoms with E-state index in [9.17, 15) is 8.60 Å². The SMILES string of the molecule is CC(CS(C)=O)Nc1ccnc(F)c1. The molecule has 1 aromatic rings. The Hall–Kier alpha value is -0.970. The number of nitrogens with one attached hydrogen (secondary N) is 1. The van der Waals surface area contributed by atoms with Gasteiger partial charge in [-0.15, -0.1) is 0 Å². The standard InChI is InChI=1S/C9H13FN2OS/c1-7(6-14(2)13)12-8-3-4-11-9(10)5-8/h3-5,7H,6H2,1-2H3,(H,11,12). The van der Waals surface area contributed by atoms with E-state index in [0.29, 0.717) is 11.4 Å². The Morgan fingerprint density at radius 1 is 1.71 bits per heavy atom. The summed E-state index contributed by atoms with van der Waals surface area (Å²) in [6.45, 7) is 1.90. The van der Waals surface area contributed by atoms with Gasteiger partial charge in [0.25, 0.3) is 0 Å². The van der Waals surface area contributed by atoms with Gasteiger partial charge >= 0.3 is 0 Å². The lowest BCUT2D eigenvalue weighted by Crippen LogP contribution is -2.22. The van der Waals surface area contributed by atoms with Gasteiger partial charge in [0.2, 0.25) is 5.95 Å². The predicted molar refractivity (Wildman–Crippen MR) is 56.2 cm³/mol. The minimum Gasteiger partial charge on any atom is -0.381 e. The van der Waals surface area contributed by atoms with Crippen LogP contribution in [-0.4, -0.2) is 27.2 Å². The summed E-state index contributed by atoms with van der Waals surface area (Å²) in [4.78, 5) is 3.44. The Bertz CT molecular complexity index is 332. The number of hydrogen-bond acceptors (Lipinski definition) is 3. The zero-order chi connectivity index (χ0) is 10.6. The molecule has 0 aliphatic carbocycles. The first kappa shape index (κ1) is 11.1. The summed E-state index contributed by atoms with van der Waals surface area (Å²) in [7, 11) is -0.847. The largest absolute Gasteiger partial charge is 0.381 e. The summed E-state index contributed by atoms with van der Waals surface area (Å²) in [6, 6.07) is 3.05. The second-order valence-electron chi connectivity index (χ2n) is 3.15. The van der Waals surface area contributed by atoms with Gasteiger partial charge in [0.15, 0.2) is 0 Å². The van der Waals surface area contributed by atoms with Gasteiger partial charge in [-0.05, 0) is 13.0 Å². The lowest BCUT2D eigenvalue weighted by atomic mass is 10.3. The molecule has 2 atom stereocenters. The van der Waals surface area contributed by atoms with E-state index in [1.807, 2.05) is 6.92 Å². The van der Waals surface area contributed by atoms with Crippen molar-refractivity contribution in [3.63, 3.8) is 0 Å². The van der Waals surface area contributed by atoms with Gasteiger partial charge in [-0.3, -0.25) is 4.21 Å². The van der Waals surface area contributed by atoms with Crippen LogP contribution in [0.1, 0.15) is 6.92 Å². The van der Waals surface area contributed by atoms with E-state index in [2.05, 4.69) is 10.3 Å². The fourth-order valence-electron chi connectivity index (χ4n) is 1.17. The van der Waals surface area contributed by atoms with Crippen LogP contribution in [0.3, 0.4) is 0 Å². The molecule has 5 heteroatoms. The lowest BCUT2D eigenvalue weighted by Gasteiger charge is -2.13. The molecule has 0 bridgehead atoms. The molecule has 0 spiro atoms. The van der Waals surface area contributed by atoms with Crippen molar-refractivity contribution < 1.29 is 8.60 Å². The summed E-state index contributed by atoms with van der Waals surface area (Å²) >= 11 is 0. The van der Waals surface area contributed by atoms with E-state index in [0.717, 1.165) is 0 Å². The van der Waals surface area contributed by atoms with Gasteiger partial charge in [0.05, 0.1) is 0 Å². The van der Waals surface area contributed by atoms with Crippen LogP contribution in [0, 0.1) is 5.95 Å². The molecule has 0 aliphatic rings. The van der Waals surface area contributed by atoms with Crippen LogP contribution in [0.2, 0.25) is 0 Å². The monoisotopic (exact) mass is 216 g/mol. The first-order valence-corrected chi connectivity index (χ1v) is 5.99. The van der Waals surface area contributed by atoms with Crippen molar-refractivity contribution in [2.24, 2.45) is 0 Å². The molecule has 0 fully saturated rings. The molecular weight excluding hydrogens is 203 g/mol. The van der Waals surface area contributed by atoms with Crippen LogP contribution in [0.5, 0.6) is 0 Å². The Morgan fingerprint density at radius 2 is 2.43 bits per heavy atom. The van der Waals surface area contributed by atoms with Gasteiger partial charge in [0, 0.05) is 46.8 Å². The lowest BCUT2D eigenvalue weighted by molar-refractivity contribution is 0.584. The minimum atomic E-state index is -0.847. The van der Waals surface area contributed by atoms with Crippen LogP contribution in [-0.2, 0) is 10.8 Å². The van der Waals surface area contributed by atoms with Crippen molar-refractivity contribution in [3.05, 3.63) is 24.3 Å². The summed E-state index contributed by atoms with van der Waals surface area (Å²) in [5.41, 5.74) is 0.662. The Morgan fingerprint density at radius 3 is 3.00 bits per heavy atom. The number of anilines is 1. The maximum absolute atomic E-state index is 12.7. The quantitative estimate of drug-likeness (QED) is 0.773. The van der Waals surface area contributed by atoms with Crippen molar-refractivity contribution in [1.82, 2.24) is 4.98 Å². The molecule has 1 rings (SSSR count). The molecule has 0 amide bonds. The molecule has 14 heavy (non-hydrogen) atoms. The van der Waals surface area contributed by atoms with E-state index < -0.39 is 16.7 Å². The predicted octanol–water partition coefficient (Wildman–Crippen LogP) is 1.40. The number of halogens is 1. The van der Waals surface area contributed by atoms with E-state index >= 15 is 0 Å². The third-order valence-electron chi connectivity index (χ3n) is 1.62. The van der Waals surface area contributed by atoms with E-state index in [4.69, 9.17) is 0 Å². The highest BCUT2D eigenvalue weighted by atomic mass is 32.2. The van der Waals surface area contributed by atoms with Gasteiger partial charge < -0.3 is 5.32 Å². The molecule has 0 aliphatic heterocycles. The third-order valence-corrected chi connectivity index (χ3v) is 2.59. The number of aromatic nitrogens is 1. The molecule has 0 radical (unpaired) electrons. The average molecular weight is 216 g/mol. The van der Waals surface area contributed by atoms with Crippen molar-refractivity contribution in [2.75, 3.05) is 17.3 Å². The molecule has 0 aromatic carbocycles. The van der Waals surface area contributed by atoms with Crippen molar-refractivity contribution >= 4 is 16.5 Å². The van der Waals surface area contributed by atoms with Gasteiger partial charge in [0.1, 0.15) is 0 Å². The number of nitrogens with zero attached hydrogens (tertiary/aromatic N) is 1. The molecule has 2 unspecified atom stereocenters. The van der Waals surface area contributed by atoms with Gasteiger partial charge in [-0.25, -0.2) is 4.98 Å². The summed E-state index contributed by atoms with van der Waals surface area (Å²) < 4.78 is 23.6. The molecule has 0 saturated carbocycles. The average Bonchev–Trinajstić information content (AvgIpc) is 2.01. The summed E-state index contributed by atoms with van der Waals surface area (Å²) in [6.07, 6.45) is 3.04. The van der Waals surface area contributed by atoms with Crippen molar-refractivity contribution in [3.8, 4) is 0 Å². The molecule has 1 N–H and O–H groups in total. The summed E-state index contributed by atoms with van der Waals surface area (Å²) in [5.74, 6) is 0.0315. The zero-order valence-corrected chi connectivity index (χ0v) is 8.97. The van der Waals surface area contributed by atoms with Gasteiger partial charge in [-0.2, -0.15) is 4.39 Å². The zero-order valence-electron chi connectivity index (χ0n) is 8.16. The number of pyridine rings is 1. The van der Waals surface area contributed by atoms with Gasteiger partial charge in [-0.1, -0.05) is 0 Å². The first-order valence-electron chi connectivity index (χ1n) is 4.26. The highest BCUT2D eigenvalue weighted by Crippen LogP contribution is 2.08. The molecule has 3 nitrogen and oxygen atoms in total. The smallest absolute Gasteiger partial charge is 0.214 e. The second-order valence-corrected chi connectivity index (χ2v) is 4.63. The first-order chi connectivity index (χ1) is 6.58. The van der Waals surface area contributed by atoms with Crippen molar-refractivity contribution in [1.29, 1.82) is 0 Å². The van der Waals surface area contributed by atoms with Crippen LogP contribution in [0.4, 0.5) is 10.1 Å². The van der Waals surface area contributed by atoms with Crippen molar-refractivity contribution in [2.45, 2.75) is 13.0 Å². The van der Waals surface area contributed by atoms with E-state index in [1.165, 1.54) is 12.3 Å². The van der Waals surface area contributed by atoms with Crippen LogP contribution < -0.4 is 5.32 Å². The second kappa shape index (κ2) is 5.05. The van der Waals surface area contributed by atoms with Crippen LogP contribution in [0.25, 0.3) is 0 Å². The maximum Gasteiger partial charge on any atom is 0.214 e. The third kappa shape index (κ3) is 3.83. The fourth-order valence-corrected chi connectivity index (χ4v) is 1.96. The highest BCUT2D eigenvalue weighted by Gasteiger charge is 2.04. The maximum atomic E-state index is 12.7. The Labute approximate surface area is 85.2 Å². The Balaban J connectivity index is 2.55. The number of hydrogen-bond donors (Lipinski definition) is 1. The molecule has 1 aromatic heterocycles. The van der Waals surface area contributed by atoms with Crippen LogP contribution >= 0.6 is 0 Å². The fraction of sp³-hybridized carbons (Fsp3) is 0.444. The molecule has 0 saturated heterocycles. The normalized spacial score (nSPS) is 14.8. The topological polar surface area (TPSA) is 42.0 Å². The van der Waals surface area contributed by atoms with E-state index in [1.54, 1.807) is 12.3 Å². The number of rotatable bonds is 4. The Kier molecular flexibility index (Phi) is 4.00. The molecule has 1 heterocycles. The highest BCUT2D eigenvalue weighted by molar-refractivity contribution is 7.84. The molecule has 78 valence electrons. The summed E-state index contributed by atoms with van der Waals surface area (Å²) in [5, 5.41) is 3.04.